The summed E-state index contributed by atoms with van der Waals surface area (Å²) in [5.41, 5.74) is 29.6. The second-order valence-electron chi connectivity index (χ2n) is 29.2. The molecule has 6 aromatic heterocycles. The second kappa shape index (κ2) is 27.2. The van der Waals surface area contributed by atoms with Gasteiger partial charge in [-0.15, -0.1) is 0 Å². The zero-order valence-electron chi connectivity index (χ0n) is 63.1. The minimum atomic E-state index is 0.620. The van der Waals surface area contributed by atoms with Crippen LogP contribution >= 0.6 is 0 Å². The largest absolute Gasteiger partial charge is 0.309 e. The van der Waals surface area contributed by atoms with E-state index in [1.165, 1.54) is 65.3 Å². The monoisotopic (exact) mass is 1440 g/mol. The van der Waals surface area contributed by atoms with E-state index in [0.29, 0.717) is 46.3 Å². The zero-order valence-corrected chi connectivity index (χ0v) is 63.1. The van der Waals surface area contributed by atoms with Gasteiger partial charge < -0.3 is 18.3 Å². The average Bonchev–Trinajstić information content (AvgIpc) is 1.55. The molecule has 0 unspecified atom stereocenters. The van der Waals surface area contributed by atoms with Gasteiger partial charge in [0.1, 0.15) is 23.3 Å². The summed E-state index contributed by atoms with van der Waals surface area (Å²) in [5.74, 6) is 3.97. The van der Waals surface area contributed by atoms with E-state index in [9.17, 15) is 0 Å². The van der Waals surface area contributed by atoms with Crippen LogP contribution in [0.5, 0.6) is 0 Å². The number of fused-ring (bicyclic) bond motifs is 12. The smallest absolute Gasteiger partial charge is 0.187 e. The van der Waals surface area contributed by atoms with Gasteiger partial charge in [-0.1, -0.05) is 198 Å². The molecule has 532 valence electrons. The van der Waals surface area contributed by atoms with E-state index in [1.807, 2.05) is 76.2 Å². The normalized spacial score (nSPS) is 11.6. The summed E-state index contributed by atoms with van der Waals surface area (Å²) in [4.78, 5) is 36.2. The number of hydrogen-bond donors (Lipinski definition) is 0. The summed E-state index contributed by atoms with van der Waals surface area (Å²) in [7, 11) is 0. The Balaban J connectivity index is 0.000000151. The predicted molar refractivity (Wildman–Crippen MR) is 460 cm³/mol. The lowest BCUT2D eigenvalue weighted by Gasteiger charge is -2.19. The van der Waals surface area contributed by atoms with Crippen molar-refractivity contribution in [2.24, 2.45) is 0 Å². The van der Waals surface area contributed by atoms with Gasteiger partial charge in [-0.3, -0.25) is 0 Å². The first kappa shape index (κ1) is 67.9. The third kappa shape index (κ3) is 11.7. The Kier molecular flexibility index (Phi) is 16.5. The first-order valence-corrected chi connectivity index (χ1v) is 37.6. The molecule has 0 aliphatic carbocycles. The van der Waals surface area contributed by atoms with Gasteiger partial charge in [0.05, 0.1) is 80.0 Å². The van der Waals surface area contributed by atoms with Gasteiger partial charge in [-0.25, -0.2) is 39.6 Å². The van der Waals surface area contributed by atoms with E-state index in [-0.39, 0.29) is 0 Å². The lowest BCUT2D eigenvalue weighted by molar-refractivity contribution is 0.926. The fraction of sp³-hybridized carbons (Fsp3) is 0.0800. The molecule has 6 heterocycles. The van der Waals surface area contributed by atoms with Crippen LogP contribution in [0.1, 0.15) is 45.6 Å². The van der Waals surface area contributed by atoms with Crippen LogP contribution in [-0.4, -0.2) is 48.2 Å². The molecule has 0 fully saturated rings. The number of aromatic nitrogens is 10. The molecule has 0 radical (unpaired) electrons. The topological polar surface area (TPSA) is 106 Å². The predicted octanol–water partition coefficient (Wildman–Crippen LogP) is 25.7. The molecule has 0 saturated carbocycles. The molecule has 112 heavy (non-hydrogen) atoms. The summed E-state index contributed by atoms with van der Waals surface area (Å²) in [6.07, 6.45) is 0. The first-order valence-electron chi connectivity index (χ1n) is 37.6. The summed E-state index contributed by atoms with van der Waals surface area (Å²) in [6, 6.07) is 104. The maximum Gasteiger partial charge on any atom is 0.187 e. The lowest BCUT2D eigenvalue weighted by atomic mass is 9.95. The molecule has 0 aliphatic heterocycles. The minimum Gasteiger partial charge on any atom is -0.309 e. The minimum absolute atomic E-state index is 0.620. The Morgan fingerprint density at radius 3 is 0.848 bits per heavy atom. The molecule has 14 aromatic carbocycles. The molecule has 0 atom stereocenters. The molecule has 0 saturated heterocycles. The third-order valence-corrected chi connectivity index (χ3v) is 21.7. The maximum atomic E-state index is 7.51. The summed E-state index contributed by atoms with van der Waals surface area (Å²) >= 11 is 0. The van der Waals surface area contributed by atoms with Crippen LogP contribution in [0.4, 0.5) is 11.4 Å². The van der Waals surface area contributed by atoms with Crippen LogP contribution in [0.25, 0.3) is 187 Å². The van der Waals surface area contributed by atoms with Crippen molar-refractivity contribution in [3.05, 3.63) is 360 Å². The Labute approximate surface area is 647 Å². The zero-order chi connectivity index (χ0) is 76.2. The van der Waals surface area contributed by atoms with E-state index in [1.54, 1.807) is 0 Å². The Bertz CT molecular complexity index is 7340. The molecule has 0 bridgehead atoms. The third-order valence-electron chi connectivity index (χ3n) is 21.7. The van der Waals surface area contributed by atoms with E-state index in [0.717, 1.165) is 123 Å². The Hall–Kier alpha value is -14.7. The van der Waals surface area contributed by atoms with Crippen molar-refractivity contribution in [2.45, 2.75) is 55.4 Å². The average molecular weight is 1440 g/mol. The van der Waals surface area contributed by atoms with Crippen molar-refractivity contribution in [3.63, 3.8) is 0 Å². The quantitative estimate of drug-likeness (QED) is 0.126. The van der Waals surface area contributed by atoms with Gasteiger partial charge in [0.25, 0.3) is 0 Å². The van der Waals surface area contributed by atoms with Gasteiger partial charge in [0.2, 0.25) is 0 Å². The molecule has 0 N–H and O–H groups in total. The van der Waals surface area contributed by atoms with Gasteiger partial charge in [0, 0.05) is 65.3 Å². The van der Waals surface area contributed by atoms with Crippen LogP contribution in [0.2, 0.25) is 0 Å². The van der Waals surface area contributed by atoms with Crippen molar-refractivity contribution < 1.29 is 0 Å². The Morgan fingerprint density at radius 1 is 0.214 bits per heavy atom. The van der Waals surface area contributed by atoms with Gasteiger partial charge >= 0.3 is 0 Å². The van der Waals surface area contributed by atoms with Crippen molar-refractivity contribution in [3.8, 4) is 90.0 Å². The van der Waals surface area contributed by atoms with Crippen LogP contribution in [0, 0.1) is 68.5 Å². The van der Waals surface area contributed by atoms with Crippen molar-refractivity contribution >= 4 is 98.6 Å². The van der Waals surface area contributed by atoms with Gasteiger partial charge in [0.15, 0.2) is 23.0 Å². The number of rotatable bonds is 10. The number of hydrogen-bond acceptors (Lipinski definition) is 6. The lowest BCUT2D eigenvalue weighted by Crippen LogP contribution is -2.04. The van der Waals surface area contributed by atoms with Crippen molar-refractivity contribution in [1.29, 1.82) is 0 Å². The van der Waals surface area contributed by atoms with Gasteiger partial charge in [-0.2, -0.15) is 0 Å². The molecular weight excluding hydrogens is 1370 g/mol. The van der Waals surface area contributed by atoms with Crippen LogP contribution in [0.15, 0.2) is 291 Å². The highest BCUT2D eigenvalue weighted by atomic mass is 15.1. The molecule has 0 spiro atoms. The van der Waals surface area contributed by atoms with Gasteiger partial charge in [-0.05, 0) is 204 Å². The number of aryl methyl sites for hydroxylation is 8. The highest BCUT2D eigenvalue weighted by Crippen LogP contribution is 2.46. The molecular formula is C100H72N12. The van der Waals surface area contributed by atoms with Crippen molar-refractivity contribution in [2.75, 3.05) is 0 Å². The standard InChI is InChI=1S/2C50H36N6/c1-30-14-23-46-41(26-30)39-10-6-8-12-44(39)55(46)48-25-19-36(28-43(48)50-53-32(3)52-33(4)54-50)38-22-18-35(34-16-20-37(51-5)21-17-34)29-49(38)56-45-13-9-7-11-40(45)42-27-31(2)15-24-47(42)56;1-30-14-22-47-41(26-30)38-10-6-8-12-44(38)55(47)46-24-18-35(34-16-20-37(51-5)21-17-34)28-40(46)36-19-25-49(43(29-36)50-53-32(3)52-33(4)54-50)56-45-13-9-7-11-39(45)42-27-31(2)15-23-48(42)56/h2*6-29H,1-4H3. The number of nitrogens with zero attached hydrogens (tertiary/aromatic N) is 12. The molecule has 0 amide bonds. The first-order chi connectivity index (χ1) is 54.7. The SMILES string of the molecule is [C-]#[N+]c1ccc(-c2ccc(-c3ccc(-n4c5ccccc5c5cc(C)ccc54)c(-c4nc(C)nc(C)n4)c3)c(-n3c4ccccc4c4cc(C)ccc43)c2)cc1.[C-]#[N+]c1ccc(-c2ccc(-n3c4ccccc4c4cc(C)ccc43)c(-c3ccc(-n4c5ccccc5c5cc(C)ccc54)c(-c4nc(C)nc(C)n4)c3)c2)cc1. The van der Waals surface area contributed by atoms with Crippen LogP contribution < -0.4 is 0 Å². The van der Waals surface area contributed by atoms with E-state index in [4.69, 9.17) is 33.1 Å². The number of para-hydroxylation sites is 4. The fourth-order valence-electron chi connectivity index (χ4n) is 16.8. The maximum absolute atomic E-state index is 7.51. The van der Waals surface area contributed by atoms with Crippen LogP contribution in [-0.2, 0) is 0 Å². The summed E-state index contributed by atoms with van der Waals surface area (Å²) < 4.78 is 9.50. The molecule has 12 heteroatoms. The van der Waals surface area contributed by atoms with E-state index < -0.39 is 0 Å². The molecule has 12 nitrogen and oxygen atoms in total. The summed E-state index contributed by atoms with van der Waals surface area (Å²) in [6.45, 7) is 31.3. The highest BCUT2D eigenvalue weighted by molar-refractivity contribution is 6.14. The highest BCUT2D eigenvalue weighted by Gasteiger charge is 2.26. The second-order valence-corrected chi connectivity index (χ2v) is 29.2. The van der Waals surface area contributed by atoms with Crippen LogP contribution in [0.3, 0.4) is 0 Å². The summed E-state index contributed by atoms with van der Waals surface area (Å²) in [5, 5.41) is 9.67. The fourth-order valence-corrected chi connectivity index (χ4v) is 16.8. The van der Waals surface area contributed by atoms with E-state index in [2.05, 4.69) is 308 Å². The molecule has 20 aromatic rings. The Morgan fingerprint density at radius 2 is 0.491 bits per heavy atom. The molecule has 20 rings (SSSR count). The van der Waals surface area contributed by atoms with E-state index >= 15 is 0 Å². The molecule has 0 aliphatic rings. The number of benzene rings is 14. The van der Waals surface area contributed by atoms with Crippen molar-refractivity contribution in [1.82, 2.24) is 48.2 Å².